The van der Waals surface area contributed by atoms with E-state index in [-0.39, 0.29) is 6.29 Å². The molecule has 0 aromatic rings. The van der Waals surface area contributed by atoms with Crippen LogP contribution < -0.4 is 0 Å². The van der Waals surface area contributed by atoms with Gasteiger partial charge in [-0.05, 0) is 18.8 Å². The van der Waals surface area contributed by atoms with Crippen molar-refractivity contribution in [2.75, 3.05) is 13.2 Å². The van der Waals surface area contributed by atoms with Gasteiger partial charge in [0, 0.05) is 0 Å². The molecule has 0 bridgehead atoms. The average molecular weight is 184 g/mol. The molecule has 1 saturated carbocycles. The lowest BCUT2D eigenvalue weighted by Gasteiger charge is -2.22. The Hall–Kier alpha value is -0.0800. The summed E-state index contributed by atoms with van der Waals surface area (Å²) >= 11 is 0. The van der Waals surface area contributed by atoms with E-state index in [0.717, 1.165) is 25.6 Å². The van der Waals surface area contributed by atoms with Crippen molar-refractivity contribution < 1.29 is 9.47 Å². The summed E-state index contributed by atoms with van der Waals surface area (Å²) in [6.07, 6.45) is 9.76. The van der Waals surface area contributed by atoms with Gasteiger partial charge in [0.2, 0.25) is 0 Å². The summed E-state index contributed by atoms with van der Waals surface area (Å²) in [5, 5.41) is 0. The van der Waals surface area contributed by atoms with Crippen LogP contribution >= 0.6 is 0 Å². The fourth-order valence-corrected chi connectivity index (χ4v) is 2.42. The standard InChI is InChI=1S/C11H20O2/c1-2-4-10(5-3-1)6-7-11-12-8-9-13-11/h10-11H,1-9H2. The van der Waals surface area contributed by atoms with Crippen LogP contribution in [0.2, 0.25) is 0 Å². The minimum Gasteiger partial charge on any atom is -0.350 e. The first-order chi connectivity index (χ1) is 6.45. The SMILES string of the molecule is C1CCC(CCC2OCCO2)CC1. The molecule has 0 spiro atoms. The van der Waals surface area contributed by atoms with E-state index in [1.807, 2.05) is 0 Å². The van der Waals surface area contributed by atoms with Crippen LogP contribution in [0.15, 0.2) is 0 Å². The van der Waals surface area contributed by atoms with E-state index >= 15 is 0 Å². The maximum atomic E-state index is 5.42. The smallest absolute Gasteiger partial charge is 0.157 e. The molecule has 1 saturated heterocycles. The van der Waals surface area contributed by atoms with Gasteiger partial charge in [0.25, 0.3) is 0 Å². The van der Waals surface area contributed by atoms with Gasteiger partial charge in [0.15, 0.2) is 6.29 Å². The first kappa shape index (κ1) is 9.47. The normalized spacial score (nSPS) is 26.8. The first-order valence-electron chi connectivity index (χ1n) is 5.68. The Morgan fingerprint density at radius 1 is 0.846 bits per heavy atom. The number of hydrogen-bond acceptors (Lipinski definition) is 2. The fourth-order valence-electron chi connectivity index (χ4n) is 2.42. The van der Waals surface area contributed by atoms with Crippen LogP contribution in [-0.4, -0.2) is 19.5 Å². The van der Waals surface area contributed by atoms with Crippen molar-refractivity contribution in [1.82, 2.24) is 0 Å². The summed E-state index contributed by atoms with van der Waals surface area (Å²) in [5.41, 5.74) is 0. The van der Waals surface area contributed by atoms with Gasteiger partial charge in [0.05, 0.1) is 13.2 Å². The fraction of sp³-hybridized carbons (Fsp3) is 1.00. The Morgan fingerprint density at radius 3 is 2.23 bits per heavy atom. The van der Waals surface area contributed by atoms with Crippen LogP contribution in [0.25, 0.3) is 0 Å². The largest absolute Gasteiger partial charge is 0.350 e. The van der Waals surface area contributed by atoms with Crippen molar-refractivity contribution in [2.24, 2.45) is 5.92 Å². The predicted molar refractivity (Wildman–Crippen MR) is 51.5 cm³/mol. The zero-order valence-corrected chi connectivity index (χ0v) is 8.34. The molecule has 0 N–H and O–H groups in total. The molecule has 13 heavy (non-hydrogen) atoms. The molecule has 76 valence electrons. The maximum Gasteiger partial charge on any atom is 0.157 e. The Balaban J connectivity index is 1.60. The van der Waals surface area contributed by atoms with Crippen molar-refractivity contribution >= 4 is 0 Å². The van der Waals surface area contributed by atoms with E-state index < -0.39 is 0 Å². The van der Waals surface area contributed by atoms with Crippen LogP contribution in [0.5, 0.6) is 0 Å². The van der Waals surface area contributed by atoms with Gasteiger partial charge < -0.3 is 9.47 Å². The highest BCUT2D eigenvalue weighted by Crippen LogP contribution is 2.28. The lowest BCUT2D eigenvalue weighted by molar-refractivity contribution is -0.0508. The Labute approximate surface area is 80.6 Å². The molecule has 2 aliphatic rings. The van der Waals surface area contributed by atoms with Crippen LogP contribution in [0, 0.1) is 5.92 Å². The number of hydrogen-bond donors (Lipinski definition) is 0. The highest BCUT2D eigenvalue weighted by molar-refractivity contribution is 4.67. The third kappa shape index (κ3) is 2.96. The number of ether oxygens (including phenoxy) is 2. The van der Waals surface area contributed by atoms with E-state index in [4.69, 9.17) is 9.47 Å². The van der Waals surface area contributed by atoms with Gasteiger partial charge in [0.1, 0.15) is 0 Å². The number of rotatable bonds is 3. The molecule has 2 heteroatoms. The van der Waals surface area contributed by atoms with Crippen LogP contribution in [0.1, 0.15) is 44.9 Å². The lowest BCUT2D eigenvalue weighted by Crippen LogP contribution is -2.12. The van der Waals surface area contributed by atoms with Gasteiger partial charge in [-0.2, -0.15) is 0 Å². The predicted octanol–water partition coefficient (Wildman–Crippen LogP) is 2.72. The quantitative estimate of drug-likeness (QED) is 0.671. The summed E-state index contributed by atoms with van der Waals surface area (Å²) in [6, 6.07) is 0. The molecule has 2 fully saturated rings. The molecule has 0 radical (unpaired) electrons. The molecular weight excluding hydrogens is 164 g/mol. The topological polar surface area (TPSA) is 18.5 Å². The van der Waals surface area contributed by atoms with Gasteiger partial charge in [-0.25, -0.2) is 0 Å². The summed E-state index contributed by atoms with van der Waals surface area (Å²) < 4.78 is 10.8. The maximum absolute atomic E-state index is 5.42. The first-order valence-corrected chi connectivity index (χ1v) is 5.68. The molecule has 1 aliphatic carbocycles. The van der Waals surface area contributed by atoms with Crippen molar-refractivity contribution in [3.8, 4) is 0 Å². The second-order valence-corrected chi connectivity index (χ2v) is 4.25. The van der Waals surface area contributed by atoms with Gasteiger partial charge in [-0.15, -0.1) is 0 Å². The molecule has 0 unspecified atom stereocenters. The van der Waals surface area contributed by atoms with Gasteiger partial charge in [-0.1, -0.05) is 32.1 Å². The van der Waals surface area contributed by atoms with Crippen LogP contribution in [-0.2, 0) is 9.47 Å². The molecule has 1 heterocycles. The molecule has 1 aliphatic heterocycles. The highest BCUT2D eigenvalue weighted by atomic mass is 16.7. The summed E-state index contributed by atoms with van der Waals surface area (Å²) in [7, 11) is 0. The van der Waals surface area contributed by atoms with Crippen molar-refractivity contribution in [1.29, 1.82) is 0 Å². The van der Waals surface area contributed by atoms with Crippen LogP contribution in [0.4, 0.5) is 0 Å². The lowest BCUT2D eigenvalue weighted by atomic mass is 9.86. The zero-order chi connectivity index (χ0) is 8.93. The Morgan fingerprint density at radius 2 is 1.54 bits per heavy atom. The molecule has 0 aromatic heterocycles. The van der Waals surface area contributed by atoms with E-state index in [2.05, 4.69) is 0 Å². The molecule has 0 amide bonds. The third-order valence-electron chi connectivity index (χ3n) is 3.23. The Kier molecular flexibility index (Phi) is 3.62. The Bertz CT molecular complexity index is 135. The summed E-state index contributed by atoms with van der Waals surface area (Å²) in [5.74, 6) is 0.960. The summed E-state index contributed by atoms with van der Waals surface area (Å²) in [6.45, 7) is 1.60. The third-order valence-corrected chi connectivity index (χ3v) is 3.23. The molecule has 0 atom stereocenters. The van der Waals surface area contributed by atoms with Crippen LogP contribution in [0.3, 0.4) is 0 Å². The molecular formula is C11H20O2. The summed E-state index contributed by atoms with van der Waals surface area (Å²) in [4.78, 5) is 0. The van der Waals surface area contributed by atoms with Gasteiger partial charge >= 0.3 is 0 Å². The highest BCUT2D eigenvalue weighted by Gasteiger charge is 2.19. The van der Waals surface area contributed by atoms with Gasteiger partial charge in [-0.3, -0.25) is 0 Å². The second kappa shape index (κ2) is 4.97. The molecule has 0 aromatic carbocycles. The molecule has 2 nitrogen and oxygen atoms in total. The van der Waals surface area contributed by atoms with Crippen molar-refractivity contribution in [3.05, 3.63) is 0 Å². The van der Waals surface area contributed by atoms with Crippen molar-refractivity contribution in [2.45, 2.75) is 51.2 Å². The van der Waals surface area contributed by atoms with E-state index in [1.165, 1.54) is 38.5 Å². The second-order valence-electron chi connectivity index (χ2n) is 4.25. The average Bonchev–Trinajstić information content (AvgIpc) is 2.69. The zero-order valence-electron chi connectivity index (χ0n) is 8.34. The minimum absolute atomic E-state index is 0.127. The van der Waals surface area contributed by atoms with E-state index in [1.54, 1.807) is 0 Å². The monoisotopic (exact) mass is 184 g/mol. The molecule has 2 rings (SSSR count). The minimum atomic E-state index is 0.127. The van der Waals surface area contributed by atoms with E-state index in [9.17, 15) is 0 Å². The van der Waals surface area contributed by atoms with Crippen molar-refractivity contribution in [3.63, 3.8) is 0 Å². The van der Waals surface area contributed by atoms with E-state index in [0.29, 0.717) is 0 Å².